The van der Waals surface area contributed by atoms with Crippen molar-refractivity contribution in [1.82, 2.24) is 10.3 Å². The van der Waals surface area contributed by atoms with Gasteiger partial charge in [-0.2, -0.15) is 0 Å². The minimum absolute atomic E-state index is 0.0113. The van der Waals surface area contributed by atoms with Crippen LogP contribution in [0.3, 0.4) is 0 Å². The monoisotopic (exact) mass is 330 g/mol. The molecule has 0 spiro atoms. The molecule has 0 aliphatic carbocycles. The van der Waals surface area contributed by atoms with E-state index in [1.807, 2.05) is 0 Å². The van der Waals surface area contributed by atoms with Gasteiger partial charge in [0.05, 0.1) is 13.5 Å². The van der Waals surface area contributed by atoms with E-state index in [1.54, 1.807) is 25.1 Å². The molecule has 2 heterocycles. The number of hydrogen-bond acceptors (Lipinski definition) is 8. The number of fused-ring (bicyclic) bond motifs is 1. The van der Waals surface area contributed by atoms with Gasteiger partial charge in [-0.15, -0.1) is 0 Å². The molecule has 0 unspecified atom stereocenters. The Morgan fingerprint density at radius 1 is 1.25 bits per heavy atom. The maximum atomic E-state index is 11.7. The Bertz CT molecular complexity index is 943. The van der Waals surface area contributed by atoms with Crippen molar-refractivity contribution < 1.29 is 23.3 Å². The lowest BCUT2D eigenvalue weighted by Gasteiger charge is -2.07. The van der Waals surface area contributed by atoms with Crippen molar-refractivity contribution >= 4 is 16.9 Å². The second kappa shape index (κ2) is 6.53. The molecular formula is C16H14N2O6. The zero-order valence-electron chi connectivity index (χ0n) is 13.1. The van der Waals surface area contributed by atoms with Crippen LogP contribution in [0.5, 0.6) is 5.75 Å². The minimum atomic E-state index is -0.546. The highest BCUT2D eigenvalue weighted by Crippen LogP contribution is 2.24. The molecule has 0 aliphatic heterocycles. The summed E-state index contributed by atoms with van der Waals surface area (Å²) in [6.45, 7) is 1.93. The lowest BCUT2D eigenvalue weighted by Crippen LogP contribution is -2.08. The van der Waals surface area contributed by atoms with E-state index in [9.17, 15) is 9.59 Å². The van der Waals surface area contributed by atoms with E-state index in [1.165, 1.54) is 13.2 Å². The van der Waals surface area contributed by atoms with Crippen LogP contribution in [0.4, 0.5) is 0 Å². The quantitative estimate of drug-likeness (QED) is 0.515. The second-order valence-corrected chi connectivity index (χ2v) is 5.09. The lowest BCUT2D eigenvalue weighted by atomic mass is 10.1. The number of rotatable bonds is 5. The van der Waals surface area contributed by atoms with Gasteiger partial charge in [0.15, 0.2) is 0 Å². The number of aromatic nitrogens is 2. The molecule has 0 amide bonds. The number of ether oxygens (including phenoxy) is 2. The number of benzene rings is 1. The van der Waals surface area contributed by atoms with Gasteiger partial charge in [0.1, 0.15) is 29.3 Å². The molecule has 24 heavy (non-hydrogen) atoms. The van der Waals surface area contributed by atoms with Gasteiger partial charge in [-0.25, -0.2) is 9.42 Å². The van der Waals surface area contributed by atoms with Crippen molar-refractivity contribution in [3.63, 3.8) is 0 Å². The fraction of sp³-hybridized carbons (Fsp3) is 0.250. The number of aryl methyl sites for hydroxylation is 1. The molecule has 0 N–H and O–H groups in total. The highest BCUT2D eigenvalue weighted by atomic mass is 16.6. The number of nitrogens with zero attached hydrogens (tertiary/aromatic N) is 2. The molecule has 0 aliphatic rings. The van der Waals surface area contributed by atoms with Crippen LogP contribution in [0.2, 0.25) is 0 Å². The standard InChI is InChI=1S/C16H14N2O6/c1-9-13(18-24-17-9)8-22-11-3-4-12-10(5-15(19)21-2)6-16(20)23-14(12)7-11/h3-4,6-7H,5,8H2,1-2H3. The predicted molar refractivity (Wildman–Crippen MR) is 81.6 cm³/mol. The molecule has 2 aromatic heterocycles. The summed E-state index contributed by atoms with van der Waals surface area (Å²) in [5.74, 6) is 0.0551. The van der Waals surface area contributed by atoms with Gasteiger partial charge in [-0.3, -0.25) is 4.79 Å². The van der Waals surface area contributed by atoms with Gasteiger partial charge in [0, 0.05) is 17.5 Å². The summed E-state index contributed by atoms with van der Waals surface area (Å²) in [6, 6.07) is 6.30. The number of hydrogen-bond donors (Lipinski definition) is 0. The molecule has 0 atom stereocenters. The summed E-state index contributed by atoms with van der Waals surface area (Å²) in [5, 5.41) is 8.04. The van der Waals surface area contributed by atoms with Gasteiger partial charge in [0.25, 0.3) is 0 Å². The van der Waals surface area contributed by atoms with Gasteiger partial charge < -0.3 is 13.9 Å². The van der Waals surface area contributed by atoms with Crippen LogP contribution in [0.15, 0.2) is 38.1 Å². The fourth-order valence-electron chi connectivity index (χ4n) is 2.21. The van der Waals surface area contributed by atoms with Crippen LogP contribution < -0.4 is 10.4 Å². The van der Waals surface area contributed by atoms with E-state index in [0.29, 0.717) is 33.7 Å². The largest absolute Gasteiger partial charge is 0.487 e. The highest BCUT2D eigenvalue weighted by molar-refractivity contribution is 5.85. The zero-order valence-corrected chi connectivity index (χ0v) is 13.1. The molecule has 124 valence electrons. The molecular weight excluding hydrogens is 316 g/mol. The van der Waals surface area contributed by atoms with Crippen molar-refractivity contribution in [3.8, 4) is 5.75 Å². The van der Waals surface area contributed by atoms with Crippen molar-refractivity contribution in [2.24, 2.45) is 0 Å². The molecule has 0 bridgehead atoms. The van der Waals surface area contributed by atoms with E-state index in [-0.39, 0.29) is 13.0 Å². The highest BCUT2D eigenvalue weighted by Gasteiger charge is 2.12. The van der Waals surface area contributed by atoms with Crippen molar-refractivity contribution in [1.29, 1.82) is 0 Å². The third kappa shape index (κ3) is 3.27. The fourth-order valence-corrected chi connectivity index (χ4v) is 2.21. The smallest absolute Gasteiger partial charge is 0.336 e. The summed E-state index contributed by atoms with van der Waals surface area (Å²) in [5.41, 5.74) is 1.54. The Kier molecular flexibility index (Phi) is 4.28. The van der Waals surface area contributed by atoms with E-state index in [0.717, 1.165) is 0 Å². The molecule has 3 aromatic rings. The van der Waals surface area contributed by atoms with Crippen LogP contribution >= 0.6 is 0 Å². The summed E-state index contributed by atoms with van der Waals surface area (Å²) >= 11 is 0. The Labute approximate surface area is 135 Å². The first-order valence-corrected chi connectivity index (χ1v) is 7.11. The molecule has 0 saturated heterocycles. The zero-order chi connectivity index (χ0) is 17.1. The van der Waals surface area contributed by atoms with Gasteiger partial charge in [-0.05, 0) is 24.6 Å². The molecule has 8 heteroatoms. The molecule has 0 fully saturated rings. The van der Waals surface area contributed by atoms with Crippen molar-refractivity contribution in [3.05, 3.63) is 51.6 Å². The Morgan fingerprint density at radius 3 is 2.79 bits per heavy atom. The first-order chi connectivity index (χ1) is 11.6. The van der Waals surface area contributed by atoms with Crippen LogP contribution in [0, 0.1) is 6.92 Å². The topological polar surface area (TPSA) is 105 Å². The normalized spacial score (nSPS) is 10.8. The van der Waals surface area contributed by atoms with E-state index >= 15 is 0 Å². The number of carbonyl (C=O) groups is 1. The maximum Gasteiger partial charge on any atom is 0.336 e. The third-order valence-corrected chi connectivity index (χ3v) is 3.49. The summed E-state index contributed by atoms with van der Waals surface area (Å²) in [7, 11) is 1.29. The Morgan fingerprint density at radius 2 is 2.08 bits per heavy atom. The first kappa shape index (κ1) is 15.7. The van der Waals surface area contributed by atoms with Crippen molar-refractivity contribution in [2.45, 2.75) is 20.0 Å². The molecule has 3 rings (SSSR count). The molecule has 8 nitrogen and oxygen atoms in total. The van der Waals surface area contributed by atoms with Crippen LogP contribution in [-0.2, 0) is 22.6 Å². The average molecular weight is 330 g/mol. The summed E-state index contributed by atoms with van der Waals surface area (Å²) in [6.07, 6.45) is -0.0113. The van der Waals surface area contributed by atoms with Crippen molar-refractivity contribution in [2.75, 3.05) is 7.11 Å². The van der Waals surface area contributed by atoms with Crippen LogP contribution in [-0.4, -0.2) is 23.4 Å². The lowest BCUT2D eigenvalue weighted by molar-refractivity contribution is -0.139. The van der Waals surface area contributed by atoms with Crippen LogP contribution in [0.1, 0.15) is 17.0 Å². The minimum Gasteiger partial charge on any atom is -0.487 e. The van der Waals surface area contributed by atoms with Crippen LogP contribution in [0.25, 0.3) is 11.0 Å². The third-order valence-electron chi connectivity index (χ3n) is 3.49. The summed E-state index contributed by atoms with van der Waals surface area (Å²) in [4.78, 5) is 23.2. The Hall–Kier alpha value is -3.16. The predicted octanol–water partition coefficient (Wildman–Crippen LogP) is 1.78. The van der Waals surface area contributed by atoms with Gasteiger partial charge in [-0.1, -0.05) is 10.3 Å². The first-order valence-electron chi connectivity index (χ1n) is 7.11. The number of esters is 1. The number of methoxy groups -OCH3 is 1. The maximum absolute atomic E-state index is 11.7. The second-order valence-electron chi connectivity index (χ2n) is 5.09. The van der Waals surface area contributed by atoms with Gasteiger partial charge in [0.2, 0.25) is 0 Å². The SMILES string of the molecule is COC(=O)Cc1cc(=O)oc2cc(OCc3nonc3C)ccc12. The molecule has 0 saturated carbocycles. The Balaban J connectivity index is 1.89. The molecule has 1 aromatic carbocycles. The van der Waals surface area contributed by atoms with Gasteiger partial charge >= 0.3 is 11.6 Å². The van der Waals surface area contributed by atoms with E-state index in [2.05, 4.69) is 19.7 Å². The molecule has 0 radical (unpaired) electrons. The average Bonchev–Trinajstić information content (AvgIpc) is 2.97. The summed E-state index contributed by atoms with van der Waals surface area (Å²) < 4.78 is 20.0. The number of carbonyl (C=O) groups excluding carboxylic acids is 1. The van der Waals surface area contributed by atoms with E-state index in [4.69, 9.17) is 9.15 Å². The van der Waals surface area contributed by atoms with E-state index < -0.39 is 11.6 Å².